The molecule has 1 aliphatic heterocycles. The Bertz CT molecular complexity index is 462. The first-order valence-corrected chi connectivity index (χ1v) is 7.77. The van der Waals surface area contributed by atoms with Gasteiger partial charge in [0, 0.05) is 31.7 Å². The quantitative estimate of drug-likeness (QED) is 0.914. The van der Waals surface area contributed by atoms with Gasteiger partial charge in [0.15, 0.2) is 0 Å². The topological polar surface area (TPSA) is 32.3 Å². The van der Waals surface area contributed by atoms with Gasteiger partial charge in [-0.25, -0.2) is 0 Å². The normalized spacial score (nSPS) is 16.2. The monoisotopic (exact) mass is 274 g/mol. The summed E-state index contributed by atoms with van der Waals surface area (Å²) in [4.78, 5) is 13.3. The minimum atomic E-state index is 0.198. The molecule has 2 rings (SSSR count). The number of nitrogens with zero attached hydrogens (tertiary/aromatic N) is 1. The molecular weight excluding hydrogens is 248 g/mol. The lowest BCUT2D eigenvalue weighted by molar-refractivity contribution is -0.129. The van der Waals surface area contributed by atoms with Gasteiger partial charge in [-0.2, -0.15) is 0 Å². The van der Waals surface area contributed by atoms with Gasteiger partial charge in [0.1, 0.15) is 0 Å². The van der Waals surface area contributed by atoms with Crippen molar-refractivity contribution in [3.05, 3.63) is 29.3 Å². The largest absolute Gasteiger partial charge is 0.382 e. The molecule has 0 aliphatic carbocycles. The van der Waals surface area contributed by atoms with Crippen LogP contribution < -0.4 is 5.32 Å². The molecule has 20 heavy (non-hydrogen) atoms. The van der Waals surface area contributed by atoms with Crippen LogP contribution in [0.3, 0.4) is 0 Å². The number of hydrogen-bond acceptors (Lipinski definition) is 2. The zero-order valence-corrected chi connectivity index (χ0v) is 12.9. The standard InChI is InChI=1S/C17H26N2O/c1-4-14-6-7-17(12-15(14)5-2)18-16-8-10-19(11-9-16)13(3)20/h6-7,12,16,18H,4-5,8-11H2,1-3H3. The average Bonchev–Trinajstić information content (AvgIpc) is 2.47. The number of amides is 1. The molecule has 3 heteroatoms. The molecule has 1 fully saturated rings. The third kappa shape index (κ3) is 3.53. The number of carbonyl (C=O) groups is 1. The van der Waals surface area contributed by atoms with Gasteiger partial charge in [-0.1, -0.05) is 19.9 Å². The number of aryl methyl sites for hydroxylation is 2. The summed E-state index contributed by atoms with van der Waals surface area (Å²) < 4.78 is 0. The number of anilines is 1. The molecule has 0 spiro atoms. The average molecular weight is 274 g/mol. The molecule has 1 aliphatic rings. The van der Waals surface area contributed by atoms with Gasteiger partial charge in [-0.3, -0.25) is 4.79 Å². The molecule has 0 bridgehead atoms. The number of benzene rings is 1. The molecule has 0 radical (unpaired) electrons. The van der Waals surface area contributed by atoms with E-state index in [1.165, 1.54) is 16.8 Å². The molecular formula is C17H26N2O. The lowest BCUT2D eigenvalue weighted by atomic mass is 10.0. The fourth-order valence-corrected chi connectivity index (χ4v) is 2.96. The van der Waals surface area contributed by atoms with Crippen molar-refractivity contribution in [2.45, 2.75) is 52.5 Å². The van der Waals surface area contributed by atoms with Gasteiger partial charge >= 0.3 is 0 Å². The molecule has 1 aromatic carbocycles. The Balaban J connectivity index is 1.96. The van der Waals surface area contributed by atoms with Crippen LogP contribution in [0.2, 0.25) is 0 Å². The van der Waals surface area contributed by atoms with Gasteiger partial charge < -0.3 is 10.2 Å². The van der Waals surface area contributed by atoms with Gasteiger partial charge in [-0.05, 0) is 48.9 Å². The molecule has 1 N–H and O–H groups in total. The van der Waals surface area contributed by atoms with Gasteiger partial charge in [0.05, 0.1) is 0 Å². The van der Waals surface area contributed by atoms with Crippen molar-refractivity contribution >= 4 is 11.6 Å². The van der Waals surface area contributed by atoms with Crippen molar-refractivity contribution in [1.82, 2.24) is 4.90 Å². The number of piperidine rings is 1. The van der Waals surface area contributed by atoms with E-state index in [0.29, 0.717) is 6.04 Å². The Labute approximate surface area is 122 Å². The molecule has 1 aromatic rings. The molecule has 0 saturated carbocycles. The summed E-state index contributed by atoms with van der Waals surface area (Å²) in [5, 5.41) is 3.63. The van der Waals surface area contributed by atoms with E-state index in [0.717, 1.165) is 38.8 Å². The summed E-state index contributed by atoms with van der Waals surface area (Å²) in [6, 6.07) is 7.21. The second-order valence-corrected chi connectivity index (χ2v) is 5.62. The molecule has 1 saturated heterocycles. The number of rotatable bonds is 4. The van der Waals surface area contributed by atoms with Gasteiger partial charge in [-0.15, -0.1) is 0 Å². The van der Waals surface area contributed by atoms with Crippen LogP contribution in [-0.4, -0.2) is 29.9 Å². The Kier molecular flexibility index (Phi) is 5.05. The minimum absolute atomic E-state index is 0.198. The molecule has 1 heterocycles. The predicted octanol–water partition coefficient (Wildman–Crippen LogP) is 3.23. The van der Waals surface area contributed by atoms with E-state index in [1.807, 2.05) is 4.90 Å². The van der Waals surface area contributed by atoms with E-state index in [4.69, 9.17) is 0 Å². The maximum Gasteiger partial charge on any atom is 0.219 e. The van der Waals surface area contributed by atoms with E-state index >= 15 is 0 Å². The van der Waals surface area contributed by atoms with Crippen LogP contribution in [0.1, 0.15) is 44.7 Å². The van der Waals surface area contributed by atoms with E-state index in [-0.39, 0.29) is 5.91 Å². The third-order valence-corrected chi connectivity index (χ3v) is 4.28. The van der Waals surface area contributed by atoms with Gasteiger partial charge in [0.2, 0.25) is 5.91 Å². The zero-order valence-electron chi connectivity index (χ0n) is 12.9. The van der Waals surface area contributed by atoms with E-state index in [9.17, 15) is 4.79 Å². The minimum Gasteiger partial charge on any atom is -0.382 e. The number of hydrogen-bond donors (Lipinski definition) is 1. The van der Waals surface area contributed by atoms with Crippen LogP contribution in [0, 0.1) is 0 Å². The molecule has 0 aromatic heterocycles. The summed E-state index contributed by atoms with van der Waals surface area (Å²) in [6.07, 6.45) is 4.26. The zero-order chi connectivity index (χ0) is 14.5. The van der Waals surface area contributed by atoms with Crippen molar-refractivity contribution in [1.29, 1.82) is 0 Å². The first-order valence-electron chi connectivity index (χ1n) is 7.77. The van der Waals surface area contributed by atoms with Crippen molar-refractivity contribution < 1.29 is 4.79 Å². The summed E-state index contributed by atoms with van der Waals surface area (Å²) >= 11 is 0. The lowest BCUT2D eigenvalue weighted by Gasteiger charge is -2.32. The van der Waals surface area contributed by atoms with E-state index < -0.39 is 0 Å². The number of nitrogens with one attached hydrogen (secondary N) is 1. The fraction of sp³-hybridized carbons (Fsp3) is 0.588. The first-order chi connectivity index (χ1) is 9.63. The maximum atomic E-state index is 11.3. The first kappa shape index (κ1) is 14.9. The van der Waals surface area contributed by atoms with Crippen LogP contribution in [0.4, 0.5) is 5.69 Å². The molecule has 110 valence electrons. The second-order valence-electron chi connectivity index (χ2n) is 5.62. The van der Waals surface area contributed by atoms with E-state index in [1.54, 1.807) is 6.92 Å². The Hall–Kier alpha value is -1.51. The summed E-state index contributed by atoms with van der Waals surface area (Å²) in [6.45, 7) is 7.83. The highest BCUT2D eigenvalue weighted by molar-refractivity contribution is 5.73. The highest BCUT2D eigenvalue weighted by Crippen LogP contribution is 2.21. The Morgan fingerprint density at radius 2 is 1.85 bits per heavy atom. The molecule has 0 unspecified atom stereocenters. The number of carbonyl (C=O) groups excluding carboxylic acids is 1. The highest BCUT2D eigenvalue weighted by Gasteiger charge is 2.20. The van der Waals surface area contributed by atoms with Crippen LogP contribution in [-0.2, 0) is 17.6 Å². The lowest BCUT2D eigenvalue weighted by Crippen LogP contribution is -2.41. The Morgan fingerprint density at radius 1 is 1.20 bits per heavy atom. The second kappa shape index (κ2) is 6.78. The SMILES string of the molecule is CCc1ccc(NC2CCN(C(C)=O)CC2)cc1CC. The summed E-state index contributed by atoms with van der Waals surface area (Å²) in [5.74, 6) is 0.198. The van der Waals surface area contributed by atoms with Crippen LogP contribution >= 0.6 is 0 Å². The Morgan fingerprint density at radius 3 is 2.40 bits per heavy atom. The summed E-state index contributed by atoms with van der Waals surface area (Å²) in [5.41, 5.74) is 4.11. The maximum absolute atomic E-state index is 11.3. The van der Waals surface area contributed by atoms with Crippen molar-refractivity contribution in [2.24, 2.45) is 0 Å². The molecule has 0 atom stereocenters. The number of likely N-dealkylation sites (tertiary alicyclic amines) is 1. The fourth-order valence-electron chi connectivity index (χ4n) is 2.96. The smallest absolute Gasteiger partial charge is 0.219 e. The summed E-state index contributed by atoms with van der Waals surface area (Å²) in [7, 11) is 0. The van der Waals surface area contributed by atoms with Crippen LogP contribution in [0.25, 0.3) is 0 Å². The predicted molar refractivity (Wildman–Crippen MR) is 84.1 cm³/mol. The highest BCUT2D eigenvalue weighted by atomic mass is 16.2. The third-order valence-electron chi connectivity index (χ3n) is 4.28. The van der Waals surface area contributed by atoms with E-state index in [2.05, 4.69) is 37.4 Å². The van der Waals surface area contributed by atoms with Crippen molar-refractivity contribution in [3.63, 3.8) is 0 Å². The molecule has 3 nitrogen and oxygen atoms in total. The van der Waals surface area contributed by atoms with Crippen LogP contribution in [0.15, 0.2) is 18.2 Å². The van der Waals surface area contributed by atoms with Crippen LogP contribution in [0.5, 0.6) is 0 Å². The van der Waals surface area contributed by atoms with Crippen molar-refractivity contribution in [3.8, 4) is 0 Å². The van der Waals surface area contributed by atoms with Gasteiger partial charge in [0.25, 0.3) is 0 Å². The molecule has 1 amide bonds. The van der Waals surface area contributed by atoms with Crippen molar-refractivity contribution in [2.75, 3.05) is 18.4 Å².